The monoisotopic (exact) mass is 353 g/mol. The highest BCUT2D eigenvalue weighted by Crippen LogP contribution is 2.31. The number of rotatable bonds is 2. The van der Waals surface area contributed by atoms with E-state index in [0.717, 1.165) is 10.9 Å². The molecule has 5 nitrogen and oxygen atoms in total. The highest BCUT2D eigenvalue weighted by molar-refractivity contribution is 6.45. The number of nitrogens with zero attached hydrogens (tertiary/aromatic N) is 2. The lowest BCUT2D eigenvalue weighted by molar-refractivity contribution is -0.132. The molecule has 2 aromatic rings. The second-order valence-electron chi connectivity index (χ2n) is 5.98. The molecule has 0 unspecified atom stereocenters. The first-order chi connectivity index (χ1) is 10.9. The Labute approximate surface area is 144 Å². The van der Waals surface area contributed by atoms with Gasteiger partial charge in [0.05, 0.1) is 16.0 Å². The van der Waals surface area contributed by atoms with E-state index in [4.69, 9.17) is 23.2 Å². The summed E-state index contributed by atoms with van der Waals surface area (Å²) in [6.07, 6.45) is 0.690. The van der Waals surface area contributed by atoms with Crippen LogP contribution in [0.25, 0.3) is 10.9 Å². The topological polar surface area (TPSA) is 56.4 Å². The third-order valence-corrected chi connectivity index (χ3v) is 5.01. The summed E-state index contributed by atoms with van der Waals surface area (Å²) in [5.74, 6) is -0.189. The van der Waals surface area contributed by atoms with Gasteiger partial charge in [-0.15, -0.1) is 0 Å². The van der Waals surface area contributed by atoms with Gasteiger partial charge in [0.15, 0.2) is 0 Å². The lowest BCUT2D eigenvalue weighted by Crippen LogP contribution is -2.34. The van der Waals surface area contributed by atoms with Crippen LogP contribution < -0.4 is 0 Å². The molecule has 1 aromatic heterocycles. The highest BCUT2D eigenvalue weighted by atomic mass is 35.5. The minimum Gasteiger partial charge on any atom is -0.350 e. The van der Waals surface area contributed by atoms with Crippen molar-refractivity contribution in [1.82, 2.24) is 14.8 Å². The van der Waals surface area contributed by atoms with Crippen LogP contribution in [0.4, 0.5) is 0 Å². The maximum absolute atomic E-state index is 12.6. The van der Waals surface area contributed by atoms with Crippen molar-refractivity contribution in [2.45, 2.75) is 6.42 Å². The number of halogens is 2. The fourth-order valence-electron chi connectivity index (χ4n) is 2.94. The van der Waals surface area contributed by atoms with E-state index in [1.165, 1.54) is 0 Å². The van der Waals surface area contributed by atoms with E-state index < -0.39 is 0 Å². The summed E-state index contributed by atoms with van der Waals surface area (Å²) < 4.78 is 0. The molecule has 122 valence electrons. The van der Waals surface area contributed by atoms with Crippen molar-refractivity contribution in [3.05, 3.63) is 33.9 Å². The Morgan fingerprint density at radius 3 is 2.74 bits per heavy atom. The van der Waals surface area contributed by atoms with Gasteiger partial charge in [-0.05, 0) is 24.6 Å². The zero-order valence-electron chi connectivity index (χ0n) is 12.9. The minimum atomic E-state index is -0.128. The molecule has 0 bridgehead atoms. The Bertz CT molecular complexity index is 785. The van der Waals surface area contributed by atoms with Crippen molar-refractivity contribution in [3.8, 4) is 0 Å². The molecule has 2 heterocycles. The first-order valence-electron chi connectivity index (χ1n) is 7.35. The summed E-state index contributed by atoms with van der Waals surface area (Å²) in [5.41, 5.74) is 1.23. The van der Waals surface area contributed by atoms with Crippen LogP contribution in [-0.2, 0) is 4.79 Å². The fraction of sp³-hybridized carbons (Fsp3) is 0.375. The van der Waals surface area contributed by atoms with E-state index in [-0.39, 0.29) is 17.7 Å². The van der Waals surface area contributed by atoms with Crippen molar-refractivity contribution in [2.75, 3.05) is 27.2 Å². The van der Waals surface area contributed by atoms with Crippen LogP contribution in [0.5, 0.6) is 0 Å². The van der Waals surface area contributed by atoms with Crippen LogP contribution in [0.2, 0.25) is 10.0 Å². The second-order valence-corrected chi connectivity index (χ2v) is 6.76. The zero-order valence-corrected chi connectivity index (χ0v) is 14.4. The Morgan fingerprint density at radius 2 is 2.04 bits per heavy atom. The van der Waals surface area contributed by atoms with Gasteiger partial charge in [-0.2, -0.15) is 0 Å². The Hall–Kier alpha value is -1.72. The van der Waals surface area contributed by atoms with Crippen LogP contribution in [0.15, 0.2) is 18.2 Å². The number of carbonyl (C=O) groups excluding carboxylic acids is 2. The molecular weight excluding hydrogens is 337 g/mol. The average Bonchev–Trinajstić information content (AvgIpc) is 3.16. The lowest BCUT2D eigenvalue weighted by Gasteiger charge is -2.17. The molecule has 0 saturated carbocycles. The van der Waals surface area contributed by atoms with Crippen LogP contribution in [0, 0.1) is 5.92 Å². The largest absolute Gasteiger partial charge is 0.350 e. The number of amides is 2. The van der Waals surface area contributed by atoms with Crippen molar-refractivity contribution >= 4 is 45.9 Å². The van der Waals surface area contributed by atoms with Gasteiger partial charge < -0.3 is 14.8 Å². The fourth-order valence-corrected chi connectivity index (χ4v) is 3.32. The summed E-state index contributed by atoms with van der Waals surface area (Å²) in [6, 6.07) is 5.20. The number of likely N-dealkylation sites (tertiary alicyclic amines) is 1. The molecule has 23 heavy (non-hydrogen) atoms. The van der Waals surface area contributed by atoms with Crippen molar-refractivity contribution < 1.29 is 9.59 Å². The standard InChI is InChI=1S/C16H17Cl2N3O2/c1-20(2)15(22)9-5-6-21(8-9)16(23)13-7-10-12(19-13)4-3-11(17)14(10)18/h3-4,7,9,19H,5-6,8H2,1-2H3/t9-/m0/s1. The van der Waals surface area contributed by atoms with E-state index in [9.17, 15) is 9.59 Å². The van der Waals surface area contributed by atoms with Gasteiger partial charge in [0.1, 0.15) is 5.69 Å². The zero-order chi connectivity index (χ0) is 16.7. The number of hydrogen-bond acceptors (Lipinski definition) is 2. The quantitative estimate of drug-likeness (QED) is 0.901. The molecular formula is C16H17Cl2N3O2. The second kappa shape index (κ2) is 6.06. The Kier molecular flexibility index (Phi) is 4.25. The summed E-state index contributed by atoms with van der Waals surface area (Å²) in [5, 5.41) is 1.61. The molecule has 0 aliphatic carbocycles. The molecule has 1 atom stereocenters. The number of carbonyl (C=O) groups is 2. The molecule has 0 radical (unpaired) electrons. The summed E-state index contributed by atoms with van der Waals surface area (Å²) in [4.78, 5) is 31.0. The number of hydrogen-bond donors (Lipinski definition) is 1. The molecule has 2 amide bonds. The summed E-state index contributed by atoms with van der Waals surface area (Å²) >= 11 is 12.2. The van der Waals surface area contributed by atoms with E-state index in [1.54, 1.807) is 42.1 Å². The number of nitrogens with one attached hydrogen (secondary N) is 1. The van der Waals surface area contributed by atoms with Gasteiger partial charge in [0, 0.05) is 38.1 Å². The van der Waals surface area contributed by atoms with Crippen LogP contribution in [-0.4, -0.2) is 53.8 Å². The number of aromatic nitrogens is 1. The van der Waals surface area contributed by atoms with E-state index >= 15 is 0 Å². The Balaban J connectivity index is 1.82. The highest BCUT2D eigenvalue weighted by Gasteiger charge is 2.32. The molecule has 1 N–H and O–H groups in total. The normalized spacial score (nSPS) is 17.7. The molecule has 0 spiro atoms. The molecule has 1 fully saturated rings. The maximum atomic E-state index is 12.6. The van der Waals surface area contributed by atoms with Crippen molar-refractivity contribution in [2.24, 2.45) is 5.92 Å². The molecule has 7 heteroatoms. The predicted molar refractivity (Wildman–Crippen MR) is 91.0 cm³/mol. The lowest BCUT2D eigenvalue weighted by atomic mass is 10.1. The van der Waals surface area contributed by atoms with Crippen molar-refractivity contribution in [3.63, 3.8) is 0 Å². The van der Waals surface area contributed by atoms with Gasteiger partial charge >= 0.3 is 0 Å². The van der Waals surface area contributed by atoms with Crippen LogP contribution >= 0.6 is 23.2 Å². The molecule has 1 aromatic carbocycles. The van der Waals surface area contributed by atoms with Crippen LogP contribution in [0.3, 0.4) is 0 Å². The van der Waals surface area contributed by atoms with Gasteiger partial charge in [0.25, 0.3) is 5.91 Å². The third kappa shape index (κ3) is 2.91. The van der Waals surface area contributed by atoms with Crippen molar-refractivity contribution in [1.29, 1.82) is 0 Å². The molecule has 1 aliphatic rings. The number of H-pyrrole nitrogens is 1. The van der Waals surface area contributed by atoms with Gasteiger partial charge in [-0.1, -0.05) is 23.2 Å². The minimum absolute atomic E-state index is 0.0618. The predicted octanol–water partition coefficient (Wildman–Crippen LogP) is 3.03. The van der Waals surface area contributed by atoms with E-state index in [1.807, 2.05) is 0 Å². The number of fused-ring (bicyclic) bond motifs is 1. The summed E-state index contributed by atoms with van der Waals surface area (Å²) in [6.45, 7) is 1.02. The smallest absolute Gasteiger partial charge is 0.270 e. The van der Waals surface area contributed by atoms with E-state index in [2.05, 4.69) is 4.98 Å². The Morgan fingerprint density at radius 1 is 1.30 bits per heavy atom. The molecule has 1 aliphatic heterocycles. The molecule has 3 rings (SSSR count). The third-order valence-electron chi connectivity index (χ3n) is 4.19. The summed E-state index contributed by atoms with van der Waals surface area (Å²) in [7, 11) is 3.46. The maximum Gasteiger partial charge on any atom is 0.270 e. The molecule has 1 saturated heterocycles. The van der Waals surface area contributed by atoms with E-state index in [0.29, 0.717) is 35.2 Å². The van der Waals surface area contributed by atoms with Gasteiger partial charge in [-0.25, -0.2) is 0 Å². The van der Waals surface area contributed by atoms with Crippen LogP contribution in [0.1, 0.15) is 16.9 Å². The average molecular weight is 354 g/mol. The van der Waals surface area contributed by atoms with Gasteiger partial charge in [0.2, 0.25) is 5.91 Å². The number of benzene rings is 1. The SMILES string of the molecule is CN(C)C(=O)[C@H]1CCN(C(=O)c2cc3c(Cl)c(Cl)ccc3[nH]2)C1. The first kappa shape index (κ1) is 16.1. The number of aromatic amines is 1. The van der Waals surface area contributed by atoms with Gasteiger partial charge in [-0.3, -0.25) is 9.59 Å². The first-order valence-corrected chi connectivity index (χ1v) is 8.11.